The van der Waals surface area contributed by atoms with Crippen LogP contribution < -0.4 is 5.32 Å². The van der Waals surface area contributed by atoms with Crippen LogP contribution in [0.2, 0.25) is 0 Å². The zero-order valence-electron chi connectivity index (χ0n) is 18.7. The van der Waals surface area contributed by atoms with Gasteiger partial charge in [-0.05, 0) is 49.2 Å². The highest BCUT2D eigenvalue weighted by Gasteiger charge is 2.35. The molecule has 3 rings (SSSR count). The smallest absolute Gasteiger partial charge is 0.243 e. The second-order valence-electron chi connectivity index (χ2n) is 7.90. The van der Waals surface area contributed by atoms with Crippen LogP contribution in [0.5, 0.6) is 0 Å². The summed E-state index contributed by atoms with van der Waals surface area (Å²) in [6.07, 6.45) is 3.77. The first-order chi connectivity index (χ1) is 15.2. The summed E-state index contributed by atoms with van der Waals surface area (Å²) in [5.74, 6) is -0.477. The van der Waals surface area contributed by atoms with Crippen LogP contribution in [0.3, 0.4) is 0 Å². The number of methoxy groups -OCH3 is 1. The molecule has 1 aliphatic rings. The molecule has 0 spiro atoms. The van der Waals surface area contributed by atoms with Gasteiger partial charge in [-0.3, -0.25) is 9.59 Å². The van der Waals surface area contributed by atoms with E-state index < -0.39 is 10.0 Å². The minimum atomic E-state index is -3.93. The van der Waals surface area contributed by atoms with E-state index >= 15 is 0 Å². The summed E-state index contributed by atoms with van der Waals surface area (Å²) >= 11 is 0. The standard InChI is InChI=1S/C22H30N4O5S/c1-17(27)23-18-6-10-21(11-7-18)32(29,30)25(13-14-31-3)16-22(28)26(19-8-9-19)15-20-5-4-12-24(20)2/h4-7,10-12,19H,8-9,13-16H2,1-3H3,(H,23,27). The number of aromatic nitrogens is 1. The van der Waals surface area contributed by atoms with Crippen molar-refractivity contribution in [1.29, 1.82) is 0 Å². The third kappa shape index (κ3) is 5.96. The van der Waals surface area contributed by atoms with Crippen LogP contribution in [0.4, 0.5) is 5.69 Å². The molecule has 1 fully saturated rings. The highest BCUT2D eigenvalue weighted by Crippen LogP contribution is 2.29. The molecule has 0 atom stereocenters. The van der Waals surface area contributed by atoms with Crippen molar-refractivity contribution in [3.05, 3.63) is 48.3 Å². The number of benzene rings is 1. The Hall–Kier alpha value is -2.69. The third-order valence-electron chi connectivity index (χ3n) is 5.36. The van der Waals surface area contributed by atoms with Crippen molar-refractivity contribution in [1.82, 2.24) is 13.8 Å². The van der Waals surface area contributed by atoms with Gasteiger partial charge in [-0.15, -0.1) is 0 Å². The second kappa shape index (κ2) is 10.3. The lowest BCUT2D eigenvalue weighted by atomic mass is 10.3. The van der Waals surface area contributed by atoms with Crippen molar-refractivity contribution >= 4 is 27.5 Å². The third-order valence-corrected chi connectivity index (χ3v) is 7.22. The van der Waals surface area contributed by atoms with E-state index in [1.54, 1.807) is 4.90 Å². The Morgan fingerprint density at radius 3 is 2.41 bits per heavy atom. The zero-order chi connectivity index (χ0) is 23.3. The van der Waals surface area contributed by atoms with Gasteiger partial charge in [0.2, 0.25) is 21.8 Å². The van der Waals surface area contributed by atoms with Crippen LogP contribution in [0.1, 0.15) is 25.5 Å². The quantitative estimate of drug-likeness (QED) is 0.549. The van der Waals surface area contributed by atoms with Crippen LogP contribution in [0, 0.1) is 0 Å². The molecule has 1 saturated carbocycles. The molecular formula is C22H30N4O5S. The fraction of sp³-hybridized carbons (Fsp3) is 0.455. The maximum atomic E-state index is 13.3. The molecule has 0 radical (unpaired) electrons. The summed E-state index contributed by atoms with van der Waals surface area (Å²) in [7, 11) is -0.526. The van der Waals surface area contributed by atoms with E-state index in [-0.39, 0.29) is 42.4 Å². The van der Waals surface area contributed by atoms with E-state index in [4.69, 9.17) is 4.74 Å². The highest BCUT2D eigenvalue weighted by atomic mass is 32.2. The van der Waals surface area contributed by atoms with Crippen LogP contribution in [0.25, 0.3) is 0 Å². The number of sulfonamides is 1. The lowest BCUT2D eigenvalue weighted by Gasteiger charge is -2.27. The minimum absolute atomic E-state index is 0.0518. The van der Waals surface area contributed by atoms with Crippen molar-refractivity contribution < 1.29 is 22.7 Å². The number of anilines is 1. The van der Waals surface area contributed by atoms with Gasteiger partial charge in [0.15, 0.2) is 0 Å². The van der Waals surface area contributed by atoms with Gasteiger partial charge in [-0.1, -0.05) is 0 Å². The molecule has 32 heavy (non-hydrogen) atoms. The van der Waals surface area contributed by atoms with Crippen LogP contribution in [-0.4, -0.2) is 66.9 Å². The number of nitrogens with one attached hydrogen (secondary N) is 1. The van der Waals surface area contributed by atoms with Crippen LogP contribution in [0.15, 0.2) is 47.5 Å². The van der Waals surface area contributed by atoms with Gasteiger partial charge >= 0.3 is 0 Å². The summed E-state index contributed by atoms with van der Waals surface area (Å²) in [6, 6.07) is 9.92. The Labute approximate surface area is 189 Å². The van der Waals surface area contributed by atoms with Gasteiger partial charge in [0.05, 0.1) is 24.6 Å². The van der Waals surface area contributed by atoms with Crippen molar-refractivity contribution in [3.8, 4) is 0 Å². The van der Waals surface area contributed by atoms with E-state index in [1.807, 2.05) is 29.9 Å². The molecule has 1 aromatic carbocycles. The normalized spacial score (nSPS) is 13.9. The molecule has 1 N–H and O–H groups in total. The first-order valence-corrected chi connectivity index (χ1v) is 11.9. The van der Waals surface area contributed by atoms with Crippen molar-refractivity contribution in [2.24, 2.45) is 7.05 Å². The molecule has 10 heteroatoms. The Bertz CT molecular complexity index is 1040. The Balaban J connectivity index is 1.79. The molecular weight excluding hydrogens is 432 g/mol. The maximum Gasteiger partial charge on any atom is 0.243 e. The predicted octanol–water partition coefficient (Wildman–Crippen LogP) is 1.81. The van der Waals surface area contributed by atoms with E-state index in [0.29, 0.717) is 12.2 Å². The summed E-state index contributed by atoms with van der Waals surface area (Å²) < 4.78 is 34.8. The van der Waals surface area contributed by atoms with Crippen molar-refractivity contribution in [2.75, 3.05) is 32.1 Å². The number of amides is 2. The topological polar surface area (TPSA) is 101 Å². The average molecular weight is 463 g/mol. The maximum absolute atomic E-state index is 13.3. The fourth-order valence-corrected chi connectivity index (χ4v) is 4.80. The number of carbonyl (C=O) groups is 2. The van der Waals surface area contributed by atoms with E-state index in [0.717, 1.165) is 22.8 Å². The molecule has 1 aromatic heterocycles. The van der Waals surface area contributed by atoms with Gasteiger partial charge in [-0.25, -0.2) is 8.42 Å². The van der Waals surface area contributed by atoms with E-state index in [1.165, 1.54) is 38.3 Å². The molecule has 9 nitrogen and oxygen atoms in total. The molecule has 0 saturated heterocycles. The predicted molar refractivity (Wildman–Crippen MR) is 120 cm³/mol. The number of ether oxygens (including phenoxy) is 1. The number of rotatable bonds is 11. The fourth-order valence-electron chi connectivity index (χ4n) is 3.42. The summed E-state index contributed by atoms with van der Waals surface area (Å²) in [6.45, 7) is 1.78. The SMILES string of the molecule is COCCN(CC(=O)N(Cc1cccn1C)C1CC1)S(=O)(=O)c1ccc(NC(C)=O)cc1. The monoisotopic (exact) mass is 462 g/mol. The Kier molecular flexibility index (Phi) is 7.70. The first-order valence-electron chi connectivity index (χ1n) is 10.5. The average Bonchev–Trinajstić information content (AvgIpc) is 3.50. The van der Waals surface area contributed by atoms with Crippen LogP contribution in [-0.2, 0) is 37.9 Å². The van der Waals surface area contributed by atoms with Crippen molar-refractivity contribution in [3.63, 3.8) is 0 Å². The number of nitrogens with zero attached hydrogens (tertiary/aromatic N) is 3. The molecule has 1 aliphatic carbocycles. The first kappa shape index (κ1) is 24.0. The molecule has 0 bridgehead atoms. The molecule has 1 heterocycles. The molecule has 0 unspecified atom stereocenters. The number of aryl methyl sites for hydroxylation is 1. The molecule has 2 aromatic rings. The van der Waals surface area contributed by atoms with E-state index in [2.05, 4.69) is 5.32 Å². The molecule has 0 aliphatic heterocycles. The largest absolute Gasteiger partial charge is 0.383 e. The number of carbonyl (C=O) groups excluding carboxylic acids is 2. The minimum Gasteiger partial charge on any atom is -0.383 e. The van der Waals surface area contributed by atoms with Gasteiger partial charge in [0.1, 0.15) is 0 Å². The molecule has 174 valence electrons. The Morgan fingerprint density at radius 2 is 1.88 bits per heavy atom. The summed E-state index contributed by atoms with van der Waals surface area (Å²) in [4.78, 5) is 26.2. The van der Waals surface area contributed by atoms with Crippen LogP contribution >= 0.6 is 0 Å². The Morgan fingerprint density at radius 1 is 1.19 bits per heavy atom. The van der Waals surface area contributed by atoms with Gasteiger partial charge in [0, 0.05) is 51.2 Å². The zero-order valence-corrected chi connectivity index (χ0v) is 19.5. The van der Waals surface area contributed by atoms with Gasteiger partial charge in [-0.2, -0.15) is 4.31 Å². The van der Waals surface area contributed by atoms with Gasteiger partial charge in [0.25, 0.3) is 0 Å². The van der Waals surface area contributed by atoms with E-state index in [9.17, 15) is 18.0 Å². The summed E-state index contributed by atoms with van der Waals surface area (Å²) in [5, 5.41) is 2.61. The summed E-state index contributed by atoms with van der Waals surface area (Å²) in [5.41, 5.74) is 1.49. The molecule has 2 amide bonds. The van der Waals surface area contributed by atoms with Crippen molar-refractivity contribution in [2.45, 2.75) is 37.2 Å². The number of hydrogen-bond acceptors (Lipinski definition) is 5. The lowest BCUT2D eigenvalue weighted by Crippen LogP contribution is -2.44. The second-order valence-corrected chi connectivity index (χ2v) is 9.84. The lowest BCUT2D eigenvalue weighted by molar-refractivity contribution is -0.132. The highest BCUT2D eigenvalue weighted by molar-refractivity contribution is 7.89. The van der Waals surface area contributed by atoms with Gasteiger partial charge < -0.3 is 19.5 Å². The number of hydrogen-bond donors (Lipinski definition) is 1.